The predicted molar refractivity (Wildman–Crippen MR) is 123 cm³/mol. The number of nitrogens with one attached hydrogen (secondary N) is 1. The van der Waals surface area contributed by atoms with Crippen molar-refractivity contribution in [3.05, 3.63) is 85.5 Å². The summed E-state index contributed by atoms with van der Waals surface area (Å²) >= 11 is 11.2. The molecule has 9 heteroatoms. The topological polar surface area (TPSA) is 72.7 Å². The lowest BCUT2D eigenvalue weighted by Gasteiger charge is -2.05. The van der Waals surface area contributed by atoms with Gasteiger partial charge in [0.2, 0.25) is 0 Å². The minimum absolute atomic E-state index is 0.233. The van der Waals surface area contributed by atoms with Crippen molar-refractivity contribution < 1.29 is 4.79 Å². The summed E-state index contributed by atoms with van der Waals surface area (Å²) in [6.07, 6.45) is 0.751. The number of anilines is 1. The van der Waals surface area contributed by atoms with Crippen LogP contribution >= 0.6 is 38.9 Å². The number of rotatable bonds is 5. The molecule has 2 aromatic heterocycles. The minimum Gasteiger partial charge on any atom is -0.296 e. The summed E-state index contributed by atoms with van der Waals surface area (Å²) in [6.45, 7) is 3.72. The Kier molecular flexibility index (Phi) is 5.99. The summed E-state index contributed by atoms with van der Waals surface area (Å²) in [6, 6.07) is 15.4. The molecule has 0 radical (unpaired) electrons. The van der Waals surface area contributed by atoms with Crippen molar-refractivity contribution in [3.8, 4) is 5.69 Å². The monoisotopic (exact) mass is 501 g/mol. The lowest BCUT2D eigenvalue weighted by Crippen LogP contribution is -2.14. The molecule has 1 amide bonds. The zero-order chi connectivity index (χ0) is 21.3. The molecule has 152 valence electrons. The Balaban J connectivity index is 1.53. The predicted octanol–water partition coefficient (Wildman–Crippen LogP) is 5.60. The number of aromatic nitrogens is 4. The molecule has 0 fully saturated rings. The van der Waals surface area contributed by atoms with Crippen LogP contribution in [0.5, 0.6) is 0 Å². The summed E-state index contributed by atoms with van der Waals surface area (Å²) < 4.78 is 2.59. The van der Waals surface area contributed by atoms with E-state index < -0.39 is 0 Å². The van der Waals surface area contributed by atoms with E-state index in [1.807, 2.05) is 37.3 Å². The van der Waals surface area contributed by atoms with Crippen LogP contribution in [0.15, 0.2) is 53.0 Å². The van der Waals surface area contributed by atoms with Gasteiger partial charge in [0.05, 0.1) is 22.1 Å². The number of halogens is 2. The second kappa shape index (κ2) is 8.67. The number of nitrogens with zero attached hydrogens (tertiary/aromatic N) is 4. The Hall–Kier alpha value is -2.55. The second-order valence-electron chi connectivity index (χ2n) is 6.68. The van der Waals surface area contributed by atoms with Gasteiger partial charge in [0.15, 0.2) is 10.8 Å². The lowest BCUT2D eigenvalue weighted by atomic mass is 10.1. The number of carbonyl (C=O) groups is 1. The average molecular weight is 503 g/mol. The average Bonchev–Trinajstić information content (AvgIpc) is 3.24. The largest absolute Gasteiger partial charge is 0.296 e. The molecule has 0 atom stereocenters. The van der Waals surface area contributed by atoms with Gasteiger partial charge < -0.3 is 0 Å². The van der Waals surface area contributed by atoms with Crippen molar-refractivity contribution in [3.63, 3.8) is 0 Å². The Morgan fingerprint density at radius 1 is 1.20 bits per heavy atom. The van der Waals surface area contributed by atoms with Crippen molar-refractivity contribution in [1.29, 1.82) is 0 Å². The molecule has 0 aliphatic carbocycles. The van der Waals surface area contributed by atoms with Gasteiger partial charge in [-0.05, 0) is 43.7 Å². The van der Waals surface area contributed by atoms with Crippen LogP contribution in [-0.4, -0.2) is 25.9 Å². The van der Waals surface area contributed by atoms with Gasteiger partial charge in [0.1, 0.15) is 0 Å². The highest BCUT2D eigenvalue weighted by molar-refractivity contribution is 9.10. The SMILES string of the molecule is Cc1nc(NC(=O)c2nnn(-c3ccccc3Cl)c2C)sc1Cc1cccc(Br)c1. The maximum absolute atomic E-state index is 12.8. The van der Waals surface area contributed by atoms with E-state index >= 15 is 0 Å². The molecule has 6 nitrogen and oxygen atoms in total. The summed E-state index contributed by atoms with van der Waals surface area (Å²) in [4.78, 5) is 18.4. The highest BCUT2D eigenvalue weighted by Gasteiger charge is 2.20. The Morgan fingerprint density at radius 2 is 2.00 bits per heavy atom. The summed E-state index contributed by atoms with van der Waals surface area (Å²) in [5, 5.41) is 12.1. The lowest BCUT2D eigenvalue weighted by molar-refractivity contribution is 0.102. The van der Waals surface area contributed by atoms with E-state index in [4.69, 9.17) is 11.6 Å². The van der Waals surface area contributed by atoms with Gasteiger partial charge in [-0.3, -0.25) is 10.1 Å². The van der Waals surface area contributed by atoms with Crippen LogP contribution in [0.25, 0.3) is 5.69 Å². The highest BCUT2D eigenvalue weighted by atomic mass is 79.9. The van der Waals surface area contributed by atoms with Crippen molar-refractivity contribution in [1.82, 2.24) is 20.0 Å². The van der Waals surface area contributed by atoms with Crippen LogP contribution in [0, 0.1) is 13.8 Å². The minimum atomic E-state index is -0.353. The number of thiazole rings is 1. The first-order valence-corrected chi connectivity index (χ1v) is 11.1. The van der Waals surface area contributed by atoms with Gasteiger partial charge >= 0.3 is 0 Å². The number of carbonyl (C=O) groups excluding carboxylic acids is 1. The smallest absolute Gasteiger partial charge is 0.279 e. The van der Waals surface area contributed by atoms with Gasteiger partial charge in [-0.15, -0.1) is 16.4 Å². The van der Waals surface area contributed by atoms with E-state index in [0.29, 0.717) is 21.5 Å². The Bertz CT molecular complexity index is 1240. The van der Waals surface area contributed by atoms with Gasteiger partial charge in [-0.2, -0.15) is 0 Å². The molecule has 0 aliphatic heterocycles. The van der Waals surface area contributed by atoms with Gasteiger partial charge in [-0.1, -0.05) is 57.0 Å². The Morgan fingerprint density at radius 3 is 2.77 bits per heavy atom. The summed E-state index contributed by atoms with van der Waals surface area (Å²) in [5.74, 6) is -0.353. The first kappa shape index (κ1) is 20.7. The highest BCUT2D eigenvalue weighted by Crippen LogP contribution is 2.27. The number of hydrogen-bond donors (Lipinski definition) is 1. The number of para-hydroxylation sites is 1. The van der Waals surface area contributed by atoms with Crippen LogP contribution < -0.4 is 5.32 Å². The third kappa shape index (κ3) is 4.30. The van der Waals surface area contributed by atoms with Crippen LogP contribution in [0.2, 0.25) is 5.02 Å². The first-order chi connectivity index (χ1) is 14.4. The molecule has 0 saturated heterocycles. The summed E-state index contributed by atoms with van der Waals surface area (Å²) in [5.41, 5.74) is 3.57. The zero-order valence-corrected chi connectivity index (χ0v) is 19.3. The maximum Gasteiger partial charge on any atom is 0.279 e. The maximum atomic E-state index is 12.8. The molecule has 30 heavy (non-hydrogen) atoms. The van der Waals surface area contributed by atoms with Crippen molar-refractivity contribution in [2.75, 3.05) is 5.32 Å². The van der Waals surface area contributed by atoms with Gasteiger partial charge in [0, 0.05) is 15.8 Å². The molecular formula is C21H17BrClN5OS. The van der Waals surface area contributed by atoms with Gasteiger partial charge in [0.25, 0.3) is 5.91 Å². The third-order valence-corrected chi connectivity index (χ3v) is 6.44. The van der Waals surface area contributed by atoms with E-state index in [2.05, 4.69) is 48.7 Å². The van der Waals surface area contributed by atoms with E-state index in [1.165, 1.54) is 16.9 Å². The van der Waals surface area contributed by atoms with Crippen molar-refractivity contribution in [2.24, 2.45) is 0 Å². The molecule has 0 aliphatic rings. The van der Waals surface area contributed by atoms with Crippen LogP contribution in [0.3, 0.4) is 0 Å². The fourth-order valence-electron chi connectivity index (χ4n) is 3.03. The van der Waals surface area contributed by atoms with E-state index in [0.717, 1.165) is 21.5 Å². The standard InChI is InChI=1S/C21H17BrClN5OS/c1-12-18(11-14-6-5-7-15(22)10-14)30-21(24-12)25-20(29)19-13(2)28(27-26-19)17-9-4-3-8-16(17)23/h3-10H,11H2,1-2H3,(H,24,25,29). The number of aryl methyl sites for hydroxylation is 1. The van der Waals surface area contributed by atoms with Crippen LogP contribution in [0.4, 0.5) is 5.13 Å². The molecular weight excluding hydrogens is 486 g/mol. The number of hydrogen-bond acceptors (Lipinski definition) is 5. The zero-order valence-electron chi connectivity index (χ0n) is 16.2. The summed E-state index contributed by atoms with van der Waals surface area (Å²) in [7, 11) is 0. The molecule has 0 saturated carbocycles. The normalized spacial score (nSPS) is 10.9. The third-order valence-electron chi connectivity index (χ3n) is 4.56. The van der Waals surface area contributed by atoms with E-state index in [1.54, 1.807) is 17.7 Å². The van der Waals surface area contributed by atoms with E-state index in [9.17, 15) is 4.79 Å². The molecule has 2 aromatic carbocycles. The van der Waals surface area contributed by atoms with Crippen LogP contribution in [0.1, 0.15) is 32.3 Å². The molecule has 0 spiro atoms. The van der Waals surface area contributed by atoms with Gasteiger partial charge in [-0.25, -0.2) is 9.67 Å². The second-order valence-corrected chi connectivity index (χ2v) is 9.08. The van der Waals surface area contributed by atoms with Crippen molar-refractivity contribution >= 4 is 49.9 Å². The molecule has 4 aromatic rings. The van der Waals surface area contributed by atoms with E-state index in [-0.39, 0.29) is 11.6 Å². The molecule has 1 N–H and O–H groups in total. The molecule has 0 unspecified atom stereocenters. The quantitative estimate of drug-likeness (QED) is 0.385. The molecule has 2 heterocycles. The first-order valence-electron chi connectivity index (χ1n) is 9.11. The molecule has 4 rings (SSSR count). The fourth-order valence-corrected chi connectivity index (χ4v) is 4.68. The number of amides is 1. The Labute approximate surface area is 191 Å². The van der Waals surface area contributed by atoms with Crippen LogP contribution in [-0.2, 0) is 6.42 Å². The fraction of sp³-hybridized carbons (Fsp3) is 0.143. The van der Waals surface area contributed by atoms with Crippen molar-refractivity contribution in [2.45, 2.75) is 20.3 Å². The number of benzene rings is 2. The molecule has 0 bridgehead atoms.